The van der Waals surface area contributed by atoms with Gasteiger partial charge in [0.15, 0.2) is 0 Å². The van der Waals surface area contributed by atoms with Crippen molar-refractivity contribution in [1.82, 2.24) is 14.3 Å². The zero-order valence-electron chi connectivity index (χ0n) is 16.6. The summed E-state index contributed by atoms with van der Waals surface area (Å²) in [4.78, 5) is 37.1. The fourth-order valence-electron chi connectivity index (χ4n) is 3.19. The minimum atomic E-state index is -0.416. The van der Waals surface area contributed by atoms with E-state index in [1.165, 1.54) is 4.68 Å². The molecule has 30 heavy (non-hydrogen) atoms. The molecule has 1 aliphatic carbocycles. The Morgan fingerprint density at radius 1 is 1.10 bits per heavy atom. The summed E-state index contributed by atoms with van der Waals surface area (Å²) in [5.74, 6) is 0.150. The second-order valence-electron chi connectivity index (χ2n) is 7.09. The summed E-state index contributed by atoms with van der Waals surface area (Å²) in [6, 6.07) is 15.7. The summed E-state index contributed by atoms with van der Waals surface area (Å²) in [7, 11) is 0. The number of rotatable bonds is 7. The first-order valence-electron chi connectivity index (χ1n) is 9.89. The fourth-order valence-corrected chi connectivity index (χ4v) is 3.19. The Labute approximate surface area is 173 Å². The minimum absolute atomic E-state index is 0.196. The van der Waals surface area contributed by atoms with Crippen LogP contribution >= 0.6 is 0 Å². The number of esters is 1. The van der Waals surface area contributed by atoms with Gasteiger partial charge in [-0.05, 0) is 56.2 Å². The Morgan fingerprint density at radius 3 is 2.43 bits per heavy atom. The first kappa shape index (κ1) is 19.6. The van der Waals surface area contributed by atoms with Crippen LogP contribution in [0.5, 0.6) is 0 Å². The molecule has 0 radical (unpaired) electrons. The molecule has 1 N–H and O–H groups in total. The van der Waals surface area contributed by atoms with E-state index in [1.54, 1.807) is 35.8 Å². The van der Waals surface area contributed by atoms with Gasteiger partial charge in [-0.25, -0.2) is 18.8 Å². The van der Waals surface area contributed by atoms with Gasteiger partial charge in [0.25, 0.3) is 0 Å². The smallest absolute Gasteiger partial charge is 0.351 e. The molecule has 1 amide bonds. The first-order valence-corrected chi connectivity index (χ1v) is 9.89. The van der Waals surface area contributed by atoms with Crippen LogP contribution in [0, 0.1) is 0 Å². The maximum Gasteiger partial charge on any atom is 0.351 e. The predicted octanol–water partition coefficient (Wildman–Crippen LogP) is 2.73. The monoisotopic (exact) mass is 406 g/mol. The van der Waals surface area contributed by atoms with Gasteiger partial charge in [-0.1, -0.05) is 18.2 Å². The number of ether oxygens (including phenoxy) is 1. The summed E-state index contributed by atoms with van der Waals surface area (Å²) in [5, 5.41) is 7.16. The molecule has 0 saturated heterocycles. The van der Waals surface area contributed by atoms with E-state index in [0.717, 1.165) is 18.5 Å². The average Bonchev–Trinajstić information content (AvgIpc) is 3.54. The number of anilines is 1. The number of hydrogen-bond acceptors (Lipinski definition) is 5. The molecule has 1 heterocycles. The molecule has 1 saturated carbocycles. The number of nitrogens with zero attached hydrogens (tertiary/aromatic N) is 3. The van der Waals surface area contributed by atoms with Crippen molar-refractivity contribution in [3.8, 4) is 5.69 Å². The van der Waals surface area contributed by atoms with E-state index < -0.39 is 5.97 Å². The largest absolute Gasteiger partial charge is 0.462 e. The van der Waals surface area contributed by atoms with Gasteiger partial charge in [0.1, 0.15) is 12.4 Å². The van der Waals surface area contributed by atoms with Gasteiger partial charge in [-0.15, -0.1) is 0 Å². The van der Waals surface area contributed by atoms with Crippen LogP contribution in [0.15, 0.2) is 59.4 Å². The lowest BCUT2D eigenvalue weighted by Gasteiger charge is -2.06. The SMILES string of the molecule is CCOC(=O)c1ccc(NC(=O)Cn2nc(C3CC3)n(-c3ccccc3)c2=O)cc1. The molecule has 1 aromatic heterocycles. The Morgan fingerprint density at radius 2 is 1.80 bits per heavy atom. The Hall–Kier alpha value is -3.68. The normalized spacial score (nSPS) is 13.1. The second kappa shape index (κ2) is 8.36. The van der Waals surface area contributed by atoms with Crippen LogP contribution in [-0.2, 0) is 16.1 Å². The summed E-state index contributed by atoms with van der Waals surface area (Å²) in [6.45, 7) is 1.84. The number of aromatic nitrogens is 3. The molecule has 8 heteroatoms. The van der Waals surface area contributed by atoms with Crippen molar-refractivity contribution in [2.75, 3.05) is 11.9 Å². The van der Waals surface area contributed by atoms with Gasteiger partial charge in [0, 0.05) is 11.6 Å². The summed E-state index contributed by atoms with van der Waals surface area (Å²) in [6.07, 6.45) is 1.98. The summed E-state index contributed by atoms with van der Waals surface area (Å²) < 4.78 is 7.72. The van der Waals surface area contributed by atoms with Gasteiger partial charge in [0.2, 0.25) is 5.91 Å². The molecule has 0 spiro atoms. The molecule has 4 rings (SSSR count). The van der Waals surface area contributed by atoms with Gasteiger partial charge >= 0.3 is 11.7 Å². The lowest BCUT2D eigenvalue weighted by atomic mass is 10.2. The molecule has 0 atom stereocenters. The second-order valence-corrected chi connectivity index (χ2v) is 7.09. The summed E-state index contributed by atoms with van der Waals surface area (Å²) >= 11 is 0. The third-order valence-electron chi connectivity index (χ3n) is 4.79. The first-order chi connectivity index (χ1) is 14.6. The topological polar surface area (TPSA) is 95.2 Å². The van der Waals surface area contributed by atoms with Crippen LogP contribution < -0.4 is 11.0 Å². The highest BCUT2D eigenvalue weighted by Gasteiger charge is 2.31. The molecule has 1 fully saturated rings. The highest BCUT2D eigenvalue weighted by atomic mass is 16.5. The van der Waals surface area contributed by atoms with Crippen molar-refractivity contribution < 1.29 is 14.3 Å². The molecule has 0 aliphatic heterocycles. The number of amides is 1. The van der Waals surface area contributed by atoms with Crippen LogP contribution in [-0.4, -0.2) is 32.8 Å². The van der Waals surface area contributed by atoms with E-state index in [0.29, 0.717) is 23.7 Å². The molecule has 154 valence electrons. The van der Waals surface area contributed by atoms with Crippen LogP contribution in [0.25, 0.3) is 5.69 Å². The van der Waals surface area contributed by atoms with Crippen LogP contribution in [0.3, 0.4) is 0 Å². The minimum Gasteiger partial charge on any atom is -0.462 e. The lowest BCUT2D eigenvalue weighted by Crippen LogP contribution is -2.29. The van der Waals surface area contributed by atoms with Crippen LogP contribution in [0.4, 0.5) is 5.69 Å². The third-order valence-corrected chi connectivity index (χ3v) is 4.79. The van der Waals surface area contributed by atoms with Crippen molar-refractivity contribution in [2.24, 2.45) is 0 Å². The number of nitrogens with one attached hydrogen (secondary N) is 1. The van der Waals surface area contributed by atoms with E-state index in [4.69, 9.17) is 4.74 Å². The van der Waals surface area contributed by atoms with Gasteiger partial charge in [-0.2, -0.15) is 5.10 Å². The molecule has 0 unspecified atom stereocenters. The van der Waals surface area contributed by atoms with E-state index in [-0.39, 0.29) is 24.1 Å². The molecule has 1 aliphatic rings. The molecule has 3 aromatic rings. The predicted molar refractivity (Wildman–Crippen MR) is 111 cm³/mol. The number of hydrogen-bond donors (Lipinski definition) is 1. The molecule has 0 bridgehead atoms. The highest BCUT2D eigenvalue weighted by Crippen LogP contribution is 2.39. The van der Waals surface area contributed by atoms with Crippen LogP contribution in [0.2, 0.25) is 0 Å². The number of carbonyl (C=O) groups excluding carboxylic acids is 2. The van der Waals surface area contributed by atoms with Crippen molar-refractivity contribution in [2.45, 2.75) is 32.2 Å². The number of benzene rings is 2. The number of para-hydroxylation sites is 1. The van der Waals surface area contributed by atoms with Gasteiger partial charge < -0.3 is 10.1 Å². The zero-order chi connectivity index (χ0) is 21.1. The van der Waals surface area contributed by atoms with Gasteiger partial charge in [-0.3, -0.25) is 4.79 Å². The standard InChI is InChI=1S/C22H22N4O4/c1-2-30-21(28)16-10-12-17(13-11-16)23-19(27)14-25-22(29)26(18-6-4-3-5-7-18)20(24-25)15-8-9-15/h3-7,10-13,15H,2,8-9,14H2,1H3,(H,23,27). The van der Waals surface area contributed by atoms with Crippen LogP contribution in [0.1, 0.15) is 41.9 Å². The molecule has 8 nitrogen and oxygen atoms in total. The van der Waals surface area contributed by atoms with Crippen molar-refractivity contribution in [3.05, 3.63) is 76.5 Å². The van der Waals surface area contributed by atoms with E-state index in [1.807, 2.05) is 30.3 Å². The van der Waals surface area contributed by atoms with Crippen molar-refractivity contribution >= 4 is 17.6 Å². The maximum absolute atomic E-state index is 12.9. The fraction of sp³-hybridized carbons (Fsp3) is 0.273. The van der Waals surface area contributed by atoms with Crippen molar-refractivity contribution in [3.63, 3.8) is 0 Å². The lowest BCUT2D eigenvalue weighted by molar-refractivity contribution is -0.117. The zero-order valence-corrected chi connectivity index (χ0v) is 16.6. The molecular formula is C22H22N4O4. The quantitative estimate of drug-likeness (QED) is 0.609. The Kier molecular flexibility index (Phi) is 5.47. The van der Waals surface area contributed by atoms with Gasteiger partial charge in [0.05, 0.1) is 17.9 Å². The molecular weight excluding hydrogens is 384 g/mol. The number of carbonyl (C=O) groups is 2. The third kappa shape index (κ3) is 4.17. The van der Waals surface area contributed by atoms with Crippen molar-refractivity contribution in [1.29, 1.82) is 0 Å². The van der Waals surface area contributed by atoms with E-state index >= 15 is 0 Å². The highest BCUT2D eigenvalue weighted by molar-refractivity contribution is 5.92. The average molecular weight is 406 g/mol. The van der Waals surface area contributed by atoms with E-state index in [9.17, 15) is 14.4 Å². The molecule has 2 aromatic carbocycles. The summed E-state index contributed by atoms with van der Waals surface area (Å²) in [5.41, 5.74) is 1.33. The van der Waals surface area contributed by atoms with E-state index in [2.05, 4.69) is 10.4 Å². The Balaban J connectivity index is 1.50. The Bertz CT molecular complexity index is 1110. The maximum atomic E-state index is 12.9.